The second-order valence-corrected chi connectivity index (χ2v) is 6.90. The van der Waals surface area contributed by atoms with Crippen LogP contribution in [0, 0.1) is 0 Å². The quantitative estimate of drug-likeness (QED) is 0.263. The predicted octanol–water partition coefficient (Wildman–Crippen LogP) is 4.10. The Kier molecular flexibility index (Phi) is 6.42. The highest BCUT2D eigenvalue weighted by Gasteiger charge is 2.13. The molecule has 1 aromatic heterocycles. The van der Waals surface area contributed by atoms with Gasteiger partial charge in [0.15, 0.2) is 5.43 Å². The fraction of sp³-hybridized carbons (Fsp3) is 0.278. The van der Waals surface area contributed by atoms with Crippen LogP contribution in [-0.2, 0) is 0 Å². The molecular weight excluding hydrogens is 435 g/mol. The van der Waals surface area contributed by atoms with E-state index in [2.05, 4.69) is 10.2 Å². The van der Waals surface area contributed by atoms with Gasteiger partial charge in [-0.2, -0.15) is 0 Å². The van der Waals surface area contributed by atoms with Crippen LogP contribution in [-0.4, -0.2) is 37.2 Å². The molecule has 0 fully saturated rings. The molecule has 2 N–H and O–H groups in total. The van der Waals surface area contributed by atoms with E-state index >= 15 is 0 Å². The van der Waals surface area contributed by atoms with Crippen LogP contribution >= 0.6 is 35.3 Å². The minimum atomic E-state index is -0.0274. The third-order valence-corrected chi connectivity index (χ3v) is 5.00. The molecule has 24 heavy (non-hydrogen) atoms. The van der Waals surface area contributed by atoms with Gasteiger partial charge in [0.1, 0.15) is 5.75 Å². The van der Waals surface area contributed by atoms with Gasteiger partial charge in [0.2, 0.25) is 0 Å². The Hall–Kier alpha value is -1.38. The molecule has 0 saturated carbocycles. The molecule has 0 atom stereocenters. The fourth-order valence-corrected chi connectivity index (χ4v) is 3.77. The van der Waals surface area contributed by atoms with Crippen LogP contribution in [0.15, 0.2) is 41.2 Å². The molecule has 4 nitrogen and oxygen atoms in total. The van der Waals surface area contributed by atoms with Gasteiger partial charge in [-0.1, -0.05) is 12.1 Å². The Bertz CT molecular complexity index is 909. The molecule has 0 aliphatic carbocycles. The summed E-state index contributed by atoms with van der Waals surface area (Å²) in [5.41, 5.74) is 0.768. The Morgan fingerprint density at radius 2 is 1.92 bits per heavy atom. The van der Waals surface area contributed by atoms with Gasteiger partial charge >= 0.3 is 0 Å². The van der Waals surface area contributed by atoms with E-state index in [9.17, 15) is 9.90 Å². The average molecular weight is 456 g/mol. The van der Waals surface area contributed by atoms with Crippen molar-refractivity contribution in [1.82, 2.24) is 4.90 Å². The second-order valence-electron chi connectivity index (χ2n) is 5.85. The molecule has 0 bridgehead atoms. The second kappa shape index (κ2) is 8.13. The minimum absolute atomic E-state index is 0. The number of halogens is 1. The van der Waals surface area contributed by atoms with Crippen LogP contribution < -0.4 is 10.7 Å². The Labute approximate surface area is 162 Å². The largest absolute Gasteiger partial charge is 0.506 e. The third-order valence-electron chi connectivity index (χ3n) is 3.81. The summed E-state index contributed by atoms with van der Waals surface area (Å²) >= 11 is 1.45. The number of benzene rings is 2. The van der Waals surface area contributed by atoms with Gasteiger partial charge in [0.05, 0.1) is 10.1 Å². The molecule has 6 heteroatoms. The van der Waals surface area contributed by atoms with E-state index in [0.717, 1.165) is 29.9 Å². The van der Waals surface area contributed by atoms with Crippen molar-refractivity contribution in [2.24, 2.45) is 0 Å². The maximum Gasteiger partial charge on any atom is 0.198 e. The summed E-state index contributed by atoms with van der Waals surface area (Å²) in [5.74, 6) is 0.159. The van der Waals surface area contributed by atoms with Crippen molar-refractivity contribution in [1.29, 1.82) is 0 Å². The molecule has 1 heterocycles. The zero-order valence-corrected chi connectivity index (χ0v) is 16.9. The van der Waals surface area contributed by atoms with Crippen LogP contribution in [0.1, 0.15) is 6.42 Å². The van der Waals surface area contributed by atoms with Crippen molar-refractivity contribution in [3.8, 4) is 5.75 Å². The topological polar surface area (TPSA) is 52.6 Å². The molecule has 128 valence electrons. The number of hydrogen-bond acceptors (Lipinski definition) is 5. The smallest absolute Gasteiger partial charge is 0.198 e. The zero-order valence-electron chi connectivity index (χ0n) is 13.7. The normalized spacial score (nSPS) is 11.0. The van der Waals surface area contributed by atoms with Gasteiger partial charge in [0.25, 0.3) is 0 Å². The number of aromatic hydroxyl groups is 1. The van der Waals surface area contributed by atoms with E-state index in [1.54, 1.807) is 12.1 Å². The fourth-order valence-electron chi connectivity index (χ4n) is 2.65. The Morgan fingerprint density at radius 3 is 2.67 bits per heavy atom. The molecule has 2 aromatic carbocycles. The van der Waals surface area contributed by atoms with Crippen molar-refractivity contribution in [2.45, 2.75) is 6.42 Å². The molecule has 0 aliphatic rings. The first-order chi connectivity index (χ1) is 11.1. The lowest BCUT2D eigenvalue weighted by Crippen LogP contribution is -2.17. The SMILES string of the molecule is CN(C)CCCNc1ccc(O)c2sc3ccccc3c(=O)c12.I. The third kappa shape index (κ3) is 3.81. The average Bonchev–Trinajstić information content (AvgIpc) is 2.54. The lowest BCUT2D eigenvalue weighted by atomic mass is 10.1. The number of anilines is 1. The van der Waals surface area contributed by atoms with E-state index in [-0.39, 0.29) is 35.2 Å². The van der Waals surface area contributed by atoms with Crippen LogP contribution in [0.2, 0.25) is 0 Å². The van der Waals surface area contributed by atoms with E-state index in [1.165, 1.54) is 11.3 Å². The highest BCUT2D eigenvalue weighted by molar-refractivity contribution is 14.0. The first-order valence-electron chi connectivity index (χ1n) is 7.64. The van der Waals surface area contributed by atoms with Gasteiger partial charge in [-0.15, -0.1) is 35.3 Å². The molecule has 0 unspecified atom stereocenters. The highest BCUT2D eigenvalue weighted by Crippen LogP contribution is 2.35. The summed E-state index contributed by atoms with van der Waals surface area (Å²) in [4.78, 5) is 15.0. The monoisotopic (exact) mass is 456 g/mol. The number of phenolic OH excluding ortho intramolecular Hbond substituents is 1. The predicted molar refractivity (Wildman–Crippen MR) is 114 cm³/mol. The van der Waals surface area contributed by atoms with Gasteiger partial charge in [-0.25, -0.2) is 0 Å². The summed E-state index contributed by atoms with van der Waals surface area (Å²) in [6, 6.07) is 11.0. The van der Waals surface area contributed by atoms with Crippen molar-refractivity contribution in [3.05, 3.63) is 46.6 Å². The number of phenols is 1. The minimum Gasteiger partial charge on any atom is -0.506 e. The number of rotatable bonds is 5. The zero-order chi connectivity index (χ0) is 16.4. The summed E-state index contributed by atoms with van der Waals surface area (Å²) in [6.45, 7) is 1.77. The van der Waals surface area contributed by atoms with Crippen LogP contribution in [0.3, 0.4) is 0 Å². The molecule has 3 rings (SSSR count). The van der Waals surface area contributed by atoms with Gasteiger partial charge in [-0.05, 0) is 51.3 Å². The molecular formula is C18H21IN2O2S. The summed E-state index contributed by atoms with van der Waals surface area (Å²) in [5, 5.41) is 14.8. The standard InChI is InChI=1S/C18H20N2O2S.HI/c1-20(2)11-5-10-19-13-8-9-14(21)18-16(13)17(22)12-6-3-4-7-15(12)23-18;/h3-4,6-9,19,21H,5,10-11H2,1-2H3;1H. The molecule has 0 saturated heterocycles. The van der Waals surface area contributed by atoms with Crippen LogP contribution in [0.5, 0.6) is 5.75 Å². The maximum atomic E-state index is 12.8. The summed E-state index contributed by atoms with van der Waals surface area (Å²) in [6.07, 6.45) is 0.987. The van der Waals surface area contributed by atoms with Crippen LogP contribution in [0.4, 0.5) is 5.69 Å². The van der Waals surface area contributed by atoms with E-state index in [1.807, 2.05) is 38.4 Å². The summed E-state index contributed by atoms with van der Waals surface area (Å²) < 4.78 is 1.54. The number of nitrogens with one attached hydrogen (secondary N) is 1. The van der Waals surface area contributed by atoms with Gasteiger partial charge in [0, 0.05) is 22.3 Å². The molecule has 0 radical (unpaired) electrons. The van der Waals surface area contributed by atoms with Gasteiger partial charge in [-0.3, -0.25) is 4.79 Å². The molecule has 0 amide bonds. The maximum absolute atomic E-state index is 12.8. The highest BCUT2D eigenvalue weighted by atomic mass is 127. The Balaban J connectivity index is 0.00000208. The summed E-state index contributed by atoms with van der Waals surface area (Å²) in [7, 11) is 4.08. The Morgan fingerprint density at radius 1 is 1.17 bits per heavy atom. The van der Waals surface area contributed by atoms with Crippen molar-refractivity contribution in [2.75, 3.05) is 32.5 Å². The first-order valence-corrected chi connectivity index (χ1v) is 8.45. The molecule has 0 aliphatic heterocycles. The lowest BCUT2D eigenvalue weighted by Gasteiger charge is -2.13. The van der Waals surface area contributed by atoms with E-state index < -0.39 is 0 Å². The first kappa shape index (κ1) is 19.0. The molecule has 3 aromatic rings. The lowest BCUT2D eigenvalue weighted by molar-refractivity contribution is 0.405. The van der Waals surface area contributed by atoms with Crippen molar-refractivity contribution in [3.63, 3.8) is 0 Å². The van der Waals surface area contributed by atoms with Crippen molar-refractivity contribution >= 4 is 61.2 Å². The van der Waals surface area contributed by atoms with E-state index in [4.69, 9.17) is 0 Å². The van der Waals surface area contributed by atoms with E-state index in [0.29, 0.717) is 15.5 Å². The number of nitrogens with zero attached hydrogens (tertiary/aromatic N) is 1. The van der Waals surface area contributed by atoms with Crippen LogP contribution in [0.25, 0.3) is 20.2 Å². The van der Waals surface area contributed by atoms with Crippen molar-refractivity contribution < 1.29 is 5.11 Å². The number of hydrogen-bond donors (Lipinski definition) is 2. The number of fused-ring (bicyclic) bond motifs is 2. The molecule has 0 spiro atoms. The van der Waals surface area contributed by atoms with Gasteiger partial charge < -0.3 is 15.3 Å².